The Morgan fingerprint density at radius 2 is 1.94 bits per heavy atom. The summed E-state index contributed by atoms with van der Waals surface area (Å²) in [4.78, 5) is 10.6. The molecule has 6 rings (SSSR count). The second kappa shape index (κ2) is 8.23. The molecule has 0 saturated heterocycles. The zero-order chi connectivity index (χ0) is 23.2. The number of rotatable bonds is 6. The van der Waals surface area contributed by atoms with Gasteiger partial charge in [0.2, 0.25) is 0 Å². The van der Waals surface area contributed by atoms with Gasteiger partial charge in [0.1, 0.15) is 17.6 Å². The molecule has 2 aliphatic heterocycles. The Bertz CT molecular complexity index is 1360. The highest BCUT2D eigenvalue weighted by atomic mass is 16.7. The molecule has 0 aliphatic carbocycles. The molecule has 8 heteroatoms. The van der Waals surface area contributed by atoms with Gasteiger partial charge in [0.15, 0.2) is 0 Å². The number of nitrogens with zero attached hydrogens (tertiary/aromatic N) is 4. The van der Waals surface area contributed by atoms with E-state index < -0.39 is 0 Å². The lowest BCUT2D eigenvalue weighted by molar-refractivity contribution is -0.0950. The van der Waals surface area contributed by atoms with Crippen molar-refractivity contribution in [3.63, 3.8) is 0 Å². The van der Waals surface area contributed by atoms with E-state index in [0.29, 0.717) is 13.2 Å². The first-order chi connectivity index (χ1) is 16.6. The third kappa shape index (κ3) is 3.43. The molecule has 2 aromatic heterocycles. The first-order valence-corrected chi connectivity index (χ1v) is 11.4. The minimum Gasteiger partial charge on any atom is -0.497 e. The van der Waals surface area contributed by atoms with E-state index in [1.807, 2.05) is 55.7 Å². The zero-order valence-electron chi connectivity index (χ0n) is 19.5. The highest BCUT2D eigenvalue weighted by molar-refractivity contribution is 5.60. The van der Waals surface area contributed by atoms with E-state index >= 15 is 0 Å². The van der Waals surface area contributed by atoms with Crippen LogP contribution in [0.5, 0.6) is 5.75 Å². The number of hydroxylamine groups is 2. The Balaban J connectivity index is 1.38. The molecule has 4 heterocycles. The molecular weight excluding hydrogens is 430 g/mol. The maximum Gasteiger partial charge on any atom is 0.121 e. The van der Waals surface area contributed by atoms with Gasteiger partial charge in [-0.05, 0) is 30.7 Å². The summed E-state index contributed by atoms with van der Waals surface area (Å²) in [7, 11) is 3.63. The van der Waals surface area contributed by atoms with Crippen LogP contribution in [0.1, 0.15) is 41.3 Å². The van der Waals surface area contributed by atoms with Crippen LogP contribution in [0, 0.1) is 0 Å². The van der Waals surface area contributed by atoms with Gasteiger partial charge < -0.3 is 18.9 Å². The minimum atomic E-state index is -0.0316. The van der Waals surface area contributed by atoms with Crippen LogP contribution in [0.2, 0.25) is 0 Å². The first kappa shape index (κ1) is 20.8. The van der Waals surface area contributed by atoms with E-state index in [2.05, 4.69) is 38.6 Å². The fraction of sp³-hybridized carbons (Fsp3) is 0.269. The SMILES string of the molecule is COc1ccc2c(c1)-n1[nH]c(COCc3ccccc3)c1Cc1c(C3C=C(C)ON3C)ncn1-2. The number of methoxy groups -OCH3 is 1. The molecular formula is C26H27N5O3. The van der Waals surface area contributed by atoms with Crippen LogP contribution in [0.3, 0.4) is 0 Å². The highest BCUT2D eigenvalue weighted by Crippen LogP contribution is 2.38. The molecule has 34 heavy (non-hydrogen) atoms. The Morgan fingerprint density at radius 3 is 2.71 bits per heavy atom. The lowest BCUT2D eigenvalue weighted by Crippen LogP contribution is -2.22. The van der Waals surface area contributed by atoms with Crippen molar-refractivity contribution in [1.29, 1.82) is 0 Å². The van der Waals surface area contributed by atoms with Crippen molar-refractivity contribution in [2.45, 2.75) is 32.6 Å². The summed E-state index contributed by atoms with van der Waals surface area (Å²) in [5.74, 6) is 1.69. The van der Waals surface area contributed by atoms with Gasteiger partial charge in [0.25, 0.3) is 0 Å². The van der Waals surface area contributed by atoms with Gasteiger partial charge in [-0.2, -0.15) is 0 Å². The normalized spacial score (nSPS) is 16.9. The molecule has 8 nitrogen and oxygen atoms in total. The molecule has 0 radical (unpaired) electrons. The van der Waals surface area contributed by atoms with E-state index in [-0.39, 0.29) is 6.04 Å². The minimum absolute atomic E-state index is 0.0316. The molecule has 0 spiro atoms. The van der Waals surface area contributed by atoms with Crippen molar-refractivity contribution >= 4 is 0 Å². The second-order valence-corrected chi connectivity index (χ2v) is 8.69. The lowest BCUT2D eigenvalue weighted by Gasteiger charge is -2.23. The van der Waals surface area contributed by atoms with Gasteiger partial charge in [-0.25, -0.2) is 4.98 Å². The Labute approximate surface area is 197 Å². The van der Waals surface area contributed by atoms with Crippen LogP contribution in [0.15, 0.2) is 66.7 Å². The molecule has 2 aromatic carbocycles. The molecule has 174 valence electrons. The summed E-state index contributed by atoms with van der Waals surface area (Å²) < 4.78 is 15.9. The molecule has 1 unspecified atom stereocenters. The number of aromatic amines is 1. The largest absolute Gasteiger partial charge is 0.497 e. The van der Waals surface area contributed by atoms with Crippen molar-refractivity contribution < 1.29 is 14.3 Å². The average molecular weight is 458 g/mol. The van der Waals surface area contributed by atoms with E-state index in [1.54, 1.807) is 7.11 Å². The van der Waals surface area contributed by atoms with Gasteiger partial charge in [-0.1, -0.05) is 30.3 Å². The smallest absolute Gasteiger partial charge is 0.121 e. The van der Waals surface area contributed by atoms with Crippen LogP contribution < -0.4 is 4.74 Å². The number of benzene rings is 2. The van der Waals surface area contributed by atoms with Crippen LogP contribution in [0.4, 0.5) is 0 Å². The van der Waals surface area contributed by atoms with Crippen LogP contribution in [0.25, 0.3) is 11.4 Å². The van der Waals surface area contributed by atoms with Crippen LogP contribution in [-0.2, 0) is 29.2 Å². The van der Waals surface area contributed by atoms with Gasteiger partial charge in [-0.15, -0.1) is 5.06 Å². The third-order valence-corrected chi connectivity index (χ3v) is 6.49. The molecule has 0 saturated carbocycles. The number of aromatic nitrogens is 4. The molecule has 1 N–H and O–H groups in total. The van der Waals surface area contributed by atoms with Crippen molar-refractivity contribution in [3.8, 4) is 17.1 Å². The van der Waals surface area contributed by atoms with Gasteiger partial charge in [0.05, 0.1) is 60.8 Å². The van der Waals surface area contributed by atoms with E-state index in [0.717, 1.165) is 51.9 Å². The third-order valence-electron chi connectivity index (χ3n) is 6.49. The Kier molecular flexibility index (Phi) is 5.04. The average Bonchev–Trinajstić information content (AvgIpc) is 3.38. The molecule has 4 aromatic rings. The molecule has 0 fully saturated rings. The number of allylic oxidation sites excluding steroid dienone is 1. The molecule has 2 aliphatic rings. The van der Waals surface area contributed by atoms with Crippen LogP contribution >= 0.6 is 0 Å². The standard InChI is InChI=1S/C26H27N5O3/c1-17-11-24(29(2)34-17)26-25-13-22-20(15-33-14-18-7-5-4-6-8-18)28-31(22)23-12-19(32-3)9-10-21(23)30(25)16-27-26/h4-12,16,24,28H,13-15H2,1-3H3. The number of likely N-dealkylation sites (N-methyl/N-ethyl adjacent to an activating group) is 1. The zero-order valence-corrected chi connectivity index (χ0v) is 19.5. The summed E-state index contributed by atoms with van der Waals surface area (Å²) in [6.07, 6.45) is 4.74. The van der Waals surface area contributed by atoms with Crippen LogP contribution in [-0.4, -0.2) is 38.6 Å². The van der Waals surface area contributed by atoms with Gasteiger partial charge >= 0.3 is 0 Å². The quantitative estimate of drug-likeness (QED) is 0.408. The Hall–Kier alpha value is -3.75. The molecule has 1 atom stereocenters. The van der Waals surface area contributed by atoms with Crippen molar-refractivity contribution in [1.82, 2.24) is 24.4 Å². The second-order valence-electron chi connectivity index (χ2n) is 8.69. The number of imidazole rings is 1. The van der Waals surface area contributed by atoms with Gasteiger partial charge in [0, 0.05) is 19.5 Å². The first-order valence-electron chi connectivity index (χ1n) is 11.4. The highest BCUT2D eigenvalue weighted by Gasteiger charge is 2.33. The summed E-state index contributed by atoms with van der Waals surface area (Å²) in [6, 6.07) is 16.3. The number of nitrogens with one attached hydrogen (secondary N) is 1. The summed E-state index contributed by atoms with van der Waals surface area (Å²) in [6.45, 7) is 3.05. The fourth-order valence-electron chi connectivity index (χ4n) is 4.78. The van der Waals surface area contributed by atoms with Crippen molar-refractivity contribution in [2.75, 3.05) is 14.2 Å². The van der Waals surface area contributed by atoms with E-state index in [4.69, 9.17) is 19.3 Å². The van der Waals surface area contributed by atoms with Crippen molar-refractivity contribution in [2.24, 2.45) is 0 Å². The number of hydrogen-bond acceptors (Lipinski definition) is 5. The lowest BCUT2D eigenvalue weighted by atomic mass is 10.1. The maximum atomic E-state index is 6.05. The predicted octanol–water partition coefficient (Wildman–Crippen LogP) is 4.44. The Morgan fingerprint density at radius 1 is 1.09 bits per heavy atom. The monoisotopic (exact) mass is 457 g/mol. The van der Waals surface area contributed by atoms with E-state index in [1.165, 1.54) is 5.69 Å². The van der Waals surface area contributed by atoms with E-state index in [9.17, 15) is 0 Å². The predicted molar refractivity (Wildman–Crippen MR) is 127 cm³/mol. The number of ether oxygens (including phenoxy) is 2. The fourth-order valence-corrected chi connectivity index (χ4v) is 4.78. The summed E-state index contributed by atoms with van der Waals surface area (Å²) >= 11 is 0. The topological polar surface area (TPSA) is 69.5 Å². The molecule has 0 amide bonds. The number of H-pyrrole nitrogens is 1. The summed E-state index contributed by atoms with van der Waals surface area (Å²) in [5.41, 5.74) is 7.60. The van der Waals surface area contributed by atoms with Crippen molar-refractivity contribution in [3.05, 3.63) is 95.0 Å². The van der Waals surface area contributed by atoms with Gasteiger partial charge in [-0.3, -0.25) is 9.78 Å². The summed E-state index contributed by atoms with van der Waals surface area (Å²) in [5, 5.41) is 5.35. The maximum absolute atomic E-state index is 6.05. The molecule has 0 bridgehead atoms. The number of hydrogen-bond donors (Lipinski definition) is 1. The number of fused-ring (bicyclic) bond motifs is 5.